The lowest BCUT2D eigenvalue weighted by atomic mass is 9.90. The minimum absolute atomic E-state index is 0.627. The Bertz CT molecular complexity index is 295. The normalized spacial score (nSPS) is 21.1. The second-order valence-electron chi connectivity index (χ2n) is 6.13. The molecule has 0 radical (unpaired) electrons. The summed E-state index contributed by atoms with van der Waals surface area (Å²) < 4.78 is 0. The first-order valence-corrected chi connectivity index (χ1v) is 7.76. The van der Waals surface area contributed by atoms with Gasteiger partial charge in [0.2, 0.25) is 0 Å². The van der Waals surface area contributed by atoms with E-state index in [2.05, 4.69) is 29.2 Å². The number of carboxylic acids is 1. The summed E-state index contributed by atoms with van der Waals surface area (Å²) in [5, 5.41) is 12.4. The van der Waals surface area contributed by atoms with Crippen molar-refractivity contribution in [3.8, 4) is 0 Å². The van der Waals surface area contributed by atoms with E-state index >= 15 is 0 Å². The molecule has 0 aromatic heterocycles. The fourth-order valence-electron chi connectivity index (χ4n) is 3.11. The smallest absolute Gasteiger partial charge is 0.323 e. The van der Waals surface area contributed by atoms with E-state index in [1.165, 1.54) is 12.8 Å². The summed E-state index contributed by atoms with van der Waals surface area (Å²) in [6.45, 7) is 5.22. The van der Waals surface area contributed by atoms with Crippen LogP contribution in [0, 0.1) is 0 Å². The van der Waals surface area contributed by atoms with Gasteiger partial charge in [-0.05, 0) is 72.9 Å². The van der Waals surface area contributed by atoms with Gasteiger partial charge in [0.05, 0.1) is 0 Å². The zero-order valence-electron chi connectivity index (χ0n) is 13.5. The lowest BCUT2D eigenvalue weighted by Gasteiger charge is -2.36. The number of nitrogens with one attached hydrogen (secondary N) is 1. The third-order valence-electron chi connectivity index (χ3n) is 4.86. The highest BCUT2D eigenvalue weighted by Gasteiger charge is 2.34. The number of likely N-dealkylation sites (tertiary alicyclic amines) is 1. The zero-order chi connectivity index (χ0) is 15.2. The van der Waals surface area contributed by atoms with E-state index in [9.17, 15) is 9.90 Å². The molecule has 0 aromatic carbocycles. The number of rotatable bonds is 8. The van der Waals surface area contributed by atoms with Gasteiger partial charge in [-0.25, -0.2) is 0 Å². The number of carboxylic acid groups (broad SMARTS) is 1. The molecule has 118 valence electrons. The third kappa shape index (κ3) is 4.43. The summed E-state index contributed by atoms with van der Waals surface area (Å²) in [6.07, 6.45) is 4.70. The predicted octanol–water partition coefficient (Wildman–Crippen LogP) is 1.25. The first-order chi connectivity index (χ1) is 9.45. The van der Waals surface area contributed by atoms with Crippen LogP contribution in [0.15, 0.2) is 0 Å². The van der Waals surface area contributed by atoms with Crippen molar-refractivity contribution >= 4 is 5.97 Å². The molecule has 1 aliphatic rings. The summed E-state index contributed by atoms with van der Waals surface area (Å²) in [5.74, 6) is -0.728. The molecule has 1 aliphatic heterocycles. The van der Waals surface area contributed by atoms with Crippen molar-refractivity contribution in [2.24, 2.45) is 0 Å². The Morgan fingerprint density at radius 1 is 1.40 bits per heavy atom. The molecule has 5 heteroatoms. The number of hydrogen-bond acceptors (Lipinski definition) is 4. The van der Waals surface area contributed by atoms with Gasteiger partial charge in [-0.1, -0.05) is 6.92 Å². The quantitative estimate of drug-likeness (QED) is 0.703. The Hall–Kier alpha value is -0.650. The molecule has 0 saturated carbocycles. The second kappa shape index (κ2) is 7.96. The summed E-state index contributed by atoms with van der Waals surface area (Å²) in [5.41, 5.74) is -0.748. The third-order valence-corrected chi connectivity index (χ3v) is 4.86. The van der Waals surface area contributed by atoms with E-state index in [0.29, 0.717) is 18.9 Å². The Kier molecular flexibility index (Phi) is 6.92. The molecule has 5 nitrogen and oxygen atoms in total. The number of carbonyl (C=O) groups is 1. The van der Waals surface area contributed by atoms with Crippen LogP contribution in [-0.4, -0.2) is 73.2 Å². The Labute approximate surface area is 123 Å². The van der Waals surface area contributed by atoms with E-state index in [0.717, 1.165) is 26.1 Å². The monoisotopic (exact) mass is 285 g/mol. The minimum Gasteiger partial charge on any atom is -0.480 e. The van der Waals surface area contributed by atoms with Crippen LogP contribution >= 0.6 is 0 Å². The van der Waals surface area contributed by atoms with Gasteiger partial charge in [-0.3, -0.25) is 4.79 Å². The summed E-state index contributed by atoms with van der Waals surface area (Å²) in [4.78, 5) is 16.2. The van der Waals surface area contributed by atoms with Crippen molar-refractivity contribution in [2.75, 3.05) is 40.8 Å². The highest BCUT2D eigenvalue weighted by Crippen LogP contribution is 2.19. The number of hydrogen-bond donors (Lipinski definition) is 2. The number of piperidine rings is 1. The van der Waals surface area contributed by atoms with Crippen LogP contribution < -0.4 is 5.32 Å². The van der Waals surface area contributed by atoms with Crippen molar-refractivity contribution in [1.29, 1.82) is 0 Å². The molecule has 20 heavy (non-hydrogen) atoms. The van der Waals surface area contributed by atoms with Gasteiger partial charge in [-0.2, -0.15) is 0 Å². The van der Waals surface area contributed by atoms with E-state index in [1.807, 2.05) is 6.92 Å². The maximum Gasteiger partial charge on any atom is 0.323 e. The van der Waals surface area contributed by atoms with Crippen molar-refractivity contribution in [3.05, 3.63) is 0 Å². The van der Waals surface area contributed by atoms with Gasteiger partial charge < -0.3 is 20.2 Å². The molecule has 1 unspecified atom stereocenters. The maximum absolute atomic E-state index is 11.4. The molecular formula is C15H31N3O2. The Balaban J connectivity index is 2.33. The fraction of sp³-hybridized carbons (Fsp3) is 0.933. The van der Waals surface area contributed by atoms with Gasteiger partial charge >= 0.3 is 5.97 Å². The molecule has 0 aliphatic carbocycles. The van der Waals surface area contributed by atoms with E-state index in [-0.39, 0.29) is 0 Å². The van der Waals surface area contributed by atoms with Crippen LogP contribution in [-0.2, 0) is 4.79 Å². The van der Waals surface area contributed by atoms with Gasteiger partial charge in [-0.15, -0.1) is 0 Å². The SMILES string of the molecule is CCC(CCCN1CCC(N(C)C)CC1)(NC)C(=O)O. The number of nitrogens with zero attached hydrogens (tertiary/aromatic N) is 2. The fourth-order valence-corrected chi connectivity index (χ4v) is 3.11. The van der Waals surface area contributed by atoms with Gasteiger partial charge in [0.1, 0.15) is 5.54 Å². The molecule has 0 amide bonds. The largest absolute Gasteiger partial charge is 0.480 e. The second-order valence-corrected chi connectivity index (χ2v) is 6.13. The first-order valence-electron chi connectivity index (χ1n) is 7.76. The summed E-state index contributed by atoms with van der Waals surface area (Å²) >= 11 is 0. The molecule has 2 N–H and O–H groups in total. The average molecular weight is 285 g/mol. The predicted molar refractivity (Wildman–Crippen MR) is 82.1 cm³/mol. The van der Waals surface area contributed by atoms with Crippen molar-refractivity contribution < 1.29 is 9.90 Å². The van der Waals surface area contributed by atoms with E-state index in [1.54, 1.807) is 7.05 Å². The Morgan fingerprint density at radius 2 is 2.00 bits per heavy atom. The van der Waals surface area contributed by atoms with Crippen molar-refractivity contribution in [2.45, 2.75) is 50.6 Å². The molecular weight excluding hydrogens is 254 g/mol. The molecule has 0 aromatic rings. The van der Waals surface area contributed by atoms with Crippen LogP contribution in [0.5, 0.6) is 0 Å². The topological polar surface area (TPSA) is 55.8 Å². The van der Waals surface area contributed by atoms with E-state index in [4.69, 9.17) is 0 Å². The van der Waals surface area contributed by atoms with Crippen molar-refractivity contribution in [3.63, 3.8) is 0 Å². The molecule has 0 spiro atoms. The zero-order valence-corrected chi connectivity index (χ0v) is 13.5. The molecule has 1 rings (SSSR count). The minimum atomic E-state index is -0.748. The van der Waals surface area contributed by atoms with Crippen LogP contribution in [0.4, 0.5) is 0 Å². The lowest BCUT2D eigenvalue weighted by molar-refractivity contribution is -0.145. The molecule has 1 heterocycles. The summed E-state index contributed by atoms with van der Waals surface area (Å²) in [6, 6.07) is 0.706. The van der Waals surface area contributed by atoms with Crippen LogP contribution in [0.2, 0.25) is 0 Å². The molecule has 1 saturated heterocycles. The van der Waals surface area contributed by atoms with Gasteiger partial charge in [0.15, 0.2) is 0 Å². The van der Waals surface area contributed by atoms with Crippen LogP contribution in [0.1, 0.15) is 39.0 Å². The molecule has 1 atom stereocenters. The van der Waals surface area contributed by atoms with Gasteiger partial charge in [0, 0.05) is 6.04 Å². The Morgan fingerprint density at radius 3 is 2.40 bits per heavy atom. The highest BCUT2D eigenvalue weighted by molar-refractivity contribution is 5.78. The lowest BCUT2D eigenvalue weighted by Crippen LogP contribution is -2.50. The highest BCUT2D eigenvalue weighted by atomic mass is 16.4. The summed E-state index contributed by atoms with van der Waals surface area (Å²) in [7, 11) is 6.05. The molecule has 0 bridgehead atoms. The average Bonchev–Trinajstić information content (AvgIpc) is 2.44. The standard InChI is InChI=1S/C15H31N3O2/c1-5-15(16-2,14(19)20)9-6-10-18-11-7-13(8-12-18)17(3)4/h13,16H,5-12H2,1-4H3,(H,19,20). The van der Waals surface area contributed by atoms with Gasteiger partial charge in [0.25, 0.3) is 0 Å². The van der Waals surface area contributed by atoms with Crippen LogP contribution in [0.25, 0.3) is 0 Å². The molecule has 1 fully saturated rings. The maximum atomic E-state index is 11.4. The van der Waals surface area contributed by atoms with E-state index < -0.39 is 11.5 Å². The van der Waals surface area contributed by atoms with Crippen molar-refractivity contribution in [1.82, 2.24) is 15.1 Å². The van der Waals surface area contributed by atoms with Crippen LogP contribution in [0.3, 0.4) is 0 Å². The first kappa shape index (κ1) is 17.4. The number of likely N-dealkylation sites (N-methyl/N-ethyl adjacent to an activating group) is 1. The number of aliphatic carboxylic acids is 1.